The number of para-hydroxylation sites is 2. The number of benzene rings is 1. The number of hydrogen-bond acceptors (Lipinski definition) is 4. The number of carbonyl (C=O) groups is 1. The summed E-state index contributed by atoms with van der Waals surface area (Å²) >= 11 is 0. The van der Waals surface area contributed by atoms with Crippen molar-refractivity contribution in [3.63, 3.8) is 0 Å². The summed E-state index contributed by atoms with van der Waals surface area (Å²) in [5.41, 5.74) is 3.22. The Balaban J connectivity index is 2.39. The van der Waals surface area contributed by atoms with Gasteiger partial charge in [0, 0.05) is 14.2 Å². The van der Waals surface area contributed by atoms with Crippen LogP contribution in [-0.2, 0) is 4.74 Å². The third-order valence-electron chi connectivity index (χ3n) is 2.40. The molecule has 1 aliphatic rings. The Hall–Kier alpha value is -1.79. The fourth-order valence-electron chi connectivity index (χ4n) is 1.60. The number of aromatic hydroxyl groups is 1. The molecular weight excluding hydrogens is 210 g/mol. The van der Waals surface area contributed by atoms with E-state index >= 15 is 0 Å². The van der Waals surface area contributed by atoms with Crippen molar-refractivity contribution < 1.29 is 14.6 Å². The van der Waals surface area contributed by atoms with Crippen molar-refractivity contribution in [2.75, 3.05) is 19.1 Å². The molecule has 1 aromatic carbocycles. The number of nitrogens with zero attached hydrogens (tertiary/aromatic N) is 2. The number of phenolic OH excluding ortho intramolecular Hbond substituents is 1. The molecule has 1 fully saturated rings. The minimum atomic E-state index is -0.606. The number of ether oxygens (including phenoxy) is 1. The minimum Gasteiger partial charge on any atom is -0.506 e. The lowest BCUT2D eigenvalue weighted by atomic mass is 10.3. The highest BCUT2D eigenvalue weighted by atomic mass is 16.5. The molecule has 0 aromatic heterocycles. The zero-order valence-electron chi connectivity index (χ0n) is 9.04. The summed E-state index contributed by atoms with van der Waals surface area (Å²) in [7, 11) is 3.07. The molecule has 1 unspecified atom stereocenters. The molecule has 2 rings (SSSR count). The highest BCUT2D eigenvalue weighted by Crippen LogP contribution is 2.30. The molecule has 1 aliphatic heterocycles. The summed E-state index contributed by atoms with van der Waals surface area (Å²) in [6.07, 6.45) is -0.606. The molecule has 1 saturated heterocycles. The number of urea groups is 1. The highest BCUT2D eigenvalue weighted by Gasteiger charge is 2.37. The van der Waals surface area contributed by atoms with Crippen LogP contribution in [0.2, 0.25) is 0 Å². The van der Waals surface area contributed by atoms with Gasteiger partial charge in [-0.05, 0) is 12.1 Å². The van der Waals surface area contributed by atoms with E-state index in [0.717, 1.165) is 0 Å². The van der Waals surface area contributed by atoms with Crippen LogP contribution < -0.4 is 10.3 Å². The Labute approximate surface area is 93.0 Å². The minimum absolute atomic E-state index is 0.0370. The van der Waals surface area contributed by atoms with Crippen molar-refractivity contribution in [3.8, 4) is 5.75 Å². The van der Waals surface area contributed by atoms with Gasteiger partial charge in [0.15, 0.2) is 0 Å². The second-order valence-electron chi connectivity index (χ2n) is 3.42. The monoisotopic (exact) mass is 223 g/mol. The van der Waals surface area contributed by atoms with Crippen LogP contribution in [0.25, 0.3) is 0 Å². The van der Waals surface area contributed by atoms with Gasteiger partial charge in [-0.1, -0.05) is 12.1 Å². The van der Waals surface area contributed by atoms with E-state index in [9.17, 15) is 9.90 Å². The first kappa shape index (κ1) is 10.7. The van der Waals surface area contributed by atoms with Crippen LogP contribution in [0.4, 0.5) is 10.5 Å². The third kappa shape index (κ3) is 1.58. The zero-order chi connectivity index (χ0) is 11.7. The molecule has 0 aliphatic carbocycles. The van der Waals surface area contributed by atoms with Gasteiger partial charge in [-0.15, -0.1) is 0 Å². The SMILES string of the molecule is COC1NN(C)C(=O)N1c1ccccc1O. The Morgan fingerprint density at radius 2 is 2.12 bits per heavy atom. The number of amides is 2. The molecule has 86 valence electrons. The number of anilines is 1. The van der Waals surface area contributed by atoms with Gasteiger partial charge in [-0.2, -0.15) is 5.43 Å². The lowest BCUT2D eigenvalue weighted by Gasteiger charge is -2.21. The fraction of sp³-hybridized carbons (Fsp3) is 0.300. The summed E-state index contributed by atoms with van der Waals surface area (Å²) in [6.45, 7) is 0. The van der Waals surface area contributed by atoms with Gasteiger partial charge in [0.1, 0.15) is 5.75 Å². The summed E-state index contributed by atoms with van der Waals surface area (Å²) in [4.78, 5) is 13.2. The van der Waals surface area contributed by atoms with E-state index in [1.807, 2.05) is 0 Å². The standard InChI is InChI=1S/C10H13N3O3/c1-12-10(15)13(9(11-12)16-2)7-5-3-4-6-8(7)14/h3-6,9,11,14H,1-2H3. The summed E-state index contributed by atoms with van der Waals surface area (Å²) in [6, 6.07) is 6.33. The molecule has 6 heteroatoms. The van der Waals surface area contributed by atoms with E-state index in [1.165, 1.54) is 23.1 Å². The van der Waals surface area contributed by atoms with Gasteiger partial charge >= 0.3 is 6.03 Å². The molecule has 2 N–H and O–H groups in total. The Morgan fingerprint density at radius 1 is 1.44 bits per heavy atom. The van der Waals surface area contributed by atoms with E-state index in [2.05, 4.69) is 5.43 Å². The predicted molar refractivity (Wildman–Crippen MR) is 57.7 cm³/mol. The van der Waals surface area contributed by atoms with E-state index in [1.54, 1.807) is 25.2 Å². The Morgan fingerprint density at radius 3 is 2.75 bits per heavy atom. The molecule has 1 atom stereocenters. The summed E-state index contributed by atoms with van der Waals surface area (Å²) in [5.74, 6) is 0.0370. The molecule has 0 radical (unpaired) electrons. The lowest BCUT2D eigenvalue weighted by Crippen LogP contribution is -2.38. The van der Waals surface area contributed by atoms with Crippen molar-refractivity contribution >= 4 is 11.7 Å². The van der Waals surface area contributed by atoms with Crippen LogP contribution in [0.5, 0.6) is 5.75 Å². The normalized spacial score (nSPS) is 20.6. The maximum Gasteiger partial charge on any atom is 0.342 e. The summed E-state index contributed by atoms with van der Waals surface area (Å²) in [5, 5.41) is 11.0. The number of rotatable bonds is 2. The first-order valence-electron chi connectivity index (χ1n) is 4.79. The van der Waals surface area contributed by atoms with E-state index in [0.29, 0.717) is 5.69 Å². The molecule has 16 heavy (non-hydrogen) atoms. The number of hydrazine groups is 1. The van der Waals surface area contributed by atoms with Crippen molar-refractivity contribution in [1.82, 2.24) is 10.4 Å². The smallest absolute Gasteiger partial charge is 0.342 e. The van der Waals surface area contributed by atoms with Gasteiger partial charge in [-0.25, -0.2) is 9.69 Å². The average Bonchev–Trinajstić information content (AvgIpc) is 2.56. The van der Waals surface area contributed by atoms with Gasteiger partial charge in [0.25, 0.3) is 0 Å². The van der Waals surface area contributed by atoms with Gasteiger partial charge in [-0.3, -0.25) is 5.01 Å². The summed E-state index contributed by atoms with van der Waals surface area (Å²) < 4.78 is 5.12. The Bertz CT molecular complexity index is 410. The highest BCUT2D eigenvalue weighted by molar-refractivity contribution is 5.95. The van der Waals surface area contributed by atoms with Crippen LogP contribution in [-0.4, -0.2) is 36.7 Å². The molecule has 0 spiro atoms. The quantitative estimate of drug-likeness (QED) is 0.774. The predicted octanol–water partition coefficient (Wildman–Crippen LogP) is 0.699. The van der Waals surface area contributed by atoms with Gasteiger partial charge in [0.05, 0.1) is 5.69 Å². The first-order chi connectivity index (χ1) is 7.65. The molecule has 0 bridgehead atoms. The van der Waals surface area contributed by atoms with Crippen LogP contribution in [0.3, 0.4) is 0 Å². The number of hydrogen-bond donors (Lipinski definition) is 2. The van der Waals surface area contributed by atoms with Crippen LogP contribution in [0, 0.1) is 0 Å². The van der Waals surface area contributed by atoms with E-state index in [-0.39, 0.29) is 11.8 Å². The second kappa shape index (κ2) is 3.99. The topological polar surface area (TPSA) is 65.0 Å². The number of carbonyl (C=O) groups excluding carboxylic acids is 1. The fourth-order valence-corrected chi connectivity index (χ4v) is 1.60. The Kier molecular flexibility index (Phi) is 2.67. The number of nitrogens with one attached hydrogen (secondary N) is 1. The van der Waals surface area contributed by atoms with Gasteiger partial charge < -0.3 is 9.84 Å². The maximum absolute atomic E-state index is 11.8. The largest absolute Gasteiger partial charge is 0.506 e. The molecule has 0 saturated carbocycles. The van der Waals surface area contributed by atoms with E-state index < -0.39 is 6.35 Å². The number of phenols is 1. The molecule has 1 aromatic rings. The molecule has 1 heterocycles. The van der Waals surface area contributed by atoms with Crippen molar-refractivity contribution in [3.05, 3.63) is 24.3 Å². The van der Waals surface area contributed by atoms with Gasteiger partial charge in [0.2, 0.25) is 6.35 Å². The van der Waals surface area contributed by atoms with Crippen LogP contribution in [0.1, 0.15) is 0 Å². The average molecular weight is 223 g/mol. The maximum atomic E-state index is 11.8. The van der Waals surface area contributed by atoms with Crippen LogP contribution >= 0.6 is 0 Å². The van der Waals surface area contributed by atoms with E-state index in [4.69, 9.17) is 4.74 Å². The third-order valence-corrected chi connectivity index (χ3v) is 2.40. The number of methoxy groups -OCH3 is 1. The lowest BCUT2D eigenvalue weighted by molar-refractivity contribution is 0.0647. The zero-order valence-corrected chi connectivity index (χ0v) is 9.04. The molecule has 2 amide bonds. The van der Waals surface area contributed by atoms with Crippen LogP contribution in [0.15, 0.2) is 24.3 Å². The molecular formula is C10H13N3O3. The molecule has 6 nitrogen and oxygen atoms in total. The van der Waals surface area contributed by atoms with Crippen molar-refractivity contribution in [1.29, 1.82) is 0 Å². The van der Waals surface area contributed by atoms with Crippen molar-refractivity contribution in [2.45, 2.75) is 6.35 Å². The second-order valence-corrected chi connectivity index (χ2v) is 3.42. The van der Waals surface area contributed by atoms with Crippen molar-refractivity contribution in [2.24, 2.45) is 0 Å². The first-order valence-corrected chi connectivity index (χ1v) is 4.79.